The molecule has 0 spiro atoms. The molecule has 0 aliphatic carbocycles. The van der Waals surface area contributed by atoms with Gasteiger partial charge >= 0.3 is 0 Å². The lowest BCUT2D eigenvalue weighted by Gasteiger charge is -2.27. The molecule has 1 N–H and O–H groups in total. The third kappa shape index (κ3) is 3.71. The van der Waals surface area contributed by atoms with Crippen LogP contribution in [0.3, 0.4) is 0 Å². The molecule has 1 aromatic heterocycles. The first-order valence-corrected chi connectivity index (χ1v) is 9.75. The largest absolute Gasteiger partial charge is 0.493 e. The summed E-state index contributed by atoms with van der Waals surface area (Å²) in [6, 6.07) is 14.6. The number of aromatic hydroxyl groups is 1. The summed E-state index contributed by atoms with van der Waals surface area (Å²) >= 11 is 3.35. The molecule has 7 nitrogen and oxygen atoms in total. The van der Waals surface area contributed by atoms with Gasteiger partial charge in [0.05, 0.1) is 31.0 Å². The van der Waals surface area contributed by atoms with Crippen molar-refractivity contribution in [3.63, 3.8) is 0 Å². The number of hydrogen-bond acceptors (Lipinski definition) is 5. The van der Waals surface area contributed by atoms with Gasteiger partial charge in [-0.3, -0.25) is 14.3 Å². The van der Waals surface area contributed by atoms with E-state index in [1.54, 1.807) is 22.8 Å². The van der Waals surface area contributed by atoms with E-state index >= 15 is 0 Å². The average molecular weight is 443 g/mol. The molecule has 2 aromatic carbocycles. The van der Waals surface area contributed by atoms with E-state index < -0.39 is 5.91 Å². The predicted octanol–water partition coefficient (Wildman–Crippen LogP) is 4.32. The van der Waals surface area contributed by atoms with Crippen molar-refractivity contribution in [3.8, 4) is 5.88 Å². The minimum Gasteiger partial charge on any atom is -0.493 e. The maximum absolute atomic E-state index is 12.4. The second-order valence-corrected chi connectivity index (χ2v) is 7.33. The number of aromatic nitrogens is 1. The van der Waals surface area contributed by atoms with Gasteiger partial charge in [0.25, 0.3) is 5.91 Å². The standard InChI is InChI=1S/C20H19BrN4O3/c21-16-7-3-1-5-14(16)19(26)23-22-18-15-6-2-4-8-17(15)25(20(18)27)13-24-9-11-28-12-10-24/h1-8,27H,9-13H2. The monoisotopic (exact) mass is 442 g/mol. The van der Waals surface area contributed by atoms with Crippen molar-refractivity contribution in [1.82, 2.24) is 9.47 Å². The van der Waals surface area contributed by atoms with E-state index in [4.69, 9.17) is 4.74 Å². The molecule has 2 heterocycles. The summed E-state index contributed by atoms with van der Waals surface area (Å²) in [6.07, 6.45) is 0. The number of rotatable bonds is 4. The average Bonchev–Trinajstić information content (AvgIpc) is 2.99. The minimum atomic E-state index is -0.475. The second kappa shape index (κ2) is 8.22. The van der Waals surface area contributed by atoms with Crippen molar-refractivity contribution < 1.29 is 14.6 Å². The third-order valence-corrected chi connectivity index (χ3v) is 5.40. The van der Waals surface area contributed by atoms with Crippen molar-refractivity contribution in [2.24, 2.45) is 10.2 Å². The molecular formula is C20H19BrN4O3. The number of ether oxygens (including phenoxy) is 1. The van der Waals surface area contributed by atoms with Crippen LogP contribution in [0.25, 0.3) is 10.9 Å². The summed E-state index contributed by atoms with van der Waals surface area (Å²) in [5.74, 6) is -0.478. The number of fused-ring (bicyclic) bond motifs is 1. The molecule has 0 bridgehead atoms. The summed E-state index contributed by atoms with van der Waals surface area (Å²) in [7, 11) is 0. The Morgan fingerprint density at radius 3 is 2.61 bits per heavy atom. The molecule has 1 aliphatic rings. The Morgan fingerprint density at radius 1 is 1.11 bits per heavy atom. The van der Waals surface area contributed by atoms with Gasteiger partial charge in [-0.15, -0.1) is 10.2 Å². The molecular weight excluding hydrogens is 424 g/mol. The molecule has 144 valence electrons. The van der Waals surface area contributed by atoms with Gasteiger partial charge in [0.2, 0.25) is 5.88 Å². The molecule has 0 unspecified atom stereocenters. The number of morpholine rings is 1. The molecule has 0 saturated carbocycles. The smallest absolute Gasteiger partial charge is 0.296 e. The molecule has 0 radical (unpaired) electrons. The van der Waals surface area contributed by atoms with E-state index in [9.17, 15) is 9.90 Å². The number of nitrogens with zero attached hydrogens (tertiary/aromatic N) is 4. The highest BCUT2D eigenvalue weighted by Gasteiger charge is 2.20. The van der Waals surface area contributed by atoms with Gasteiger partial charge in [0, 0.05) is 22.9 Å². The van der Waals surface area contributed by atoms with Crippen molar-refractivity contribution >= 4 is 38.4 Å². The van der Waals surface area contributed by atoms with Crippen LogP contribution in [-0.4, -0.2) is 46.8 Å². The zero-order valence-electron chi connectivity index (χ0n) is 15.1. The summed E-state index contributed by atoms with van der Waals surface area (Å²) in [5, 5.41) is 19.5. The maximum atomic E-state index is 12.4. The van der Waals surface area contributed by atoms with Gasteiger partial charge in [-0.05, 0) is 34.1 Å². The highest BCUT2D eigenvalue weighted by Crippen LogP contribution is 2.39. The molecule has 8 heteroatoms. The number of benzene rings is 2. The number of halogens is 1. The minimum absolute atomic E-state index is 0.00336. The number of azo groups is 1. The fourth-order valence-electron chi connectivity index (χ4n) is 3.24. The Hall–Kier alpha value is -2.55. The normalized spacial score (nSPS) is 15.5. The van der Waals surface area contributed by atoms with Crippen LogP contribution >= 0.6 is 15.9 Å². The van der Waals surface area contributed by atoms with Crippen molar-refractivity contribution in [3.05, 3.63) is 58.6 Å². The number of carbonyl (C=O) groups is 1. The van der Waals surface area contributed by atoms with Crippen LogP contribution in [-0.2, 0) is 11.4 Å². The summed E-state index contributed by atoms with van der Waals surface area (Å²) in [4.78, 5) is 14.6. The first-order chi connectivity index (χ1) is 13.6. The van der Waals surface area contributed by atoms with Crippen molar-refractivity contribution in [1.29, 1.82) is 0 Å². The molecule has 1 amide bonds. The molecule has 1 aliphatic heterocycles. The Morgan fingerprint density at radius 2 is 1.82 bits per heavy atom. The van der Waals surface area contributed by atoms with Crippen LogP contribution in [0.5, 0.6) is 5.88 Å². The van der Waals surface area contributed by atoms with Gasteiger partial charge in [-0.1, -0.05) is 30.3 Å². The van der Waals surface area contributed by atoms with Gasteiger partial charge in [0.15, 0.2) is 5.69 Å². The number of amides is 1. The fraction of sp³-hybridized carbons (Fsp3) is 0.250. The van der Waals surface area contributed by atoms with E-state index in [0.717, 1.165) is 24.0 Å². The number of para-hydroxylation sites is 1. The van der Waals surface area contributed by atoms with Crippen LogP contribution in [0.4, 0.5) is 5.69 Å². The number of carbonyl (C=O) groups excluding carboxylic acids is 1. The topological polar surface area (TPSA) is 79.4 Å². The maximum Gasteiger partial charge on any atom is 0.296 e. The predicted molar refractivity (Wildman–Crippen MR) is 109 cm³/mol. The van der Waals surface area contributed by atoms with E-state index in [-0.39, 0.29) is 5.88 Å². The molecule has 1 saturated heterocycles. The van der Waals surface area contributed by atoms with Gasteiger partial charge < -0.3 is 9.84 Å². The van der Waals surface area contributed by atoms with Gasteiger partial charge in [-0.2, -0.15) is 0 Å². The van der Waals surface area contributed by atoms with E-state index in [0.29, 0.717) is 35.6 Å². The van der Waals surface area contributed by atoms with E-state index in [1.165, 1.54) is 0 Å². The molecule has 28 heavy (non-hydrogen) atoms. The summed E-state index contributed by atoms with van der Waals surface area (Å²) in [5.41, 5.74) is 1.56. The Bertz CT molecular complexity index is 1040. The van der Waals surface area contributed by atoms with E-state index in [1.807, 2.05) is 30.3 Å². The summed E-state index contributed by atoms with van der Waals surface area (Å²) in [6.45, 7) is 3.45. The quantitative estimate of drug-likeness (QED) is 0.609. The SMILES string of the molecule is O=C(N=Nc1c(O)n(CN2CCOCC2)c2ccccc12)c1ccccc1Br. The van der Waals surface area contributed by atoms with Gasteiger partial charge in [0.1, 0.15) is 0 Å². The zero-order chi connectivity index (χ0) is 19.5. The Kier molecular flexibility index (Phi) is 5.52. The zero-order valence-corrected chi connectivity index (χ0v) is 16.7. The first kappa shape index (κ1) is 18.8. The highest BCUT2D eigenvalue weighted by molar-refractivity contribution is 9.10. The molecule has 1 fully saturated rings. The molecule has 0 atom stereocenters. The highest BCUT2D eigenvalue weighted by atomic mass is 79.9. The Labute approximate surface area is 170 Å². The van der Waals surface area contributed by atoms with Crippen LogP contribution in [0, 0.1) is 0 Å². The van der Waals surface area contributed by atoms with Crippen molar-refractivity contribution in [2.45, 2.75) is 6.67 Å². The molecule has 4 rings (SSSR count). The van der Waals surface area contributed by atoms with Crippen LogP contribution < -0.4 is 0 Å². The summed E-state index contributed by atoms with van der Waals surface area (Å²) < 4.78 is 7.83. The lowest BCUT2D eigenvalue weighted by atomic mass is 10.2. The lowest BCUT2D eigenvalue weighted by Crippen LogP contribution is -2.37. The van der Waals surface area contributed by atoms with Crippen LogP contribution in [0.1, 0.15) is 10.4 Å². The fourth-order valence-corrected chi connectivity index (χ4v) is 3.69. The van der Waals surface area contributed by atoms with Crippen LogP contribution in [0.15, 0.2) is 63.2 Å². The van der Waals surface area contributed by atoms with E-state index in [2.05, 4.69) is 31.1 Å². The lowest BCUT2D eigenvalue weighted by molar-refractivity contribution is 0.0231. The van der Waals surface area contributed by atoms with Crippen LogP contribution in [0.2, 0.25) is 0 Å². The second-order valence-electron chi connectivity index (χ2n) is 6.47. The van der Waals surface area contributed by atoms with Gasteiger partial charge in [-0.25, -0.2) is 0 Å². The number of hydrogen-bond donors (Lipinski definition) is 1. The van der Waals surface area contributed by atoms with Crippen molar-refractivity contribution in [2.75, 3.05) is 26.3 Å². The molecule has 3 aromatic rings. The first-order valence-electron chi connectivity index (χ1n) is 8.96. The third-order valence-electron chi connectivity index (χ3n) is 4.71. The Balaban J connectivity index is 1.68.